The van der Waals surface area contributed by atoms with Crippen molar-refractivity contribution < 1.29 is 28.9 Å². The predicted octanol–water partition coefficient (Wildman–Crippen LogP) is 4.02. The zero-order chi connectivity index (χ0) is 26.4. The van der Waals surface area contributed by atoms with Crippen LogP contribution in [-0.2, 0) is 14.3 Å². The van der Waals surface area contributed by atoms with Crippen molar-refractivity contribution in [2.45, 2.75) is 39.3 Å². The van der Waals surface area contributed by atoms with Crippen molar-refractivity contribution in [1.29, 1.82) is 0 Å². The number of Topliss-reactive ketones (excluding diaryl/α,β-unsaturated/α-hetero) is 1. The first kappa shape index (κ1) is 26.7. The lowest BCUT2D eigenvalue weighted by Gasteiger charge is -2.29. The maximum absolute atomic E-state index is 13.3. The molecule has 8 nitrogen and oxygen atoms in total. The molecule has 2 aliphatic heterocycles. The third-order valence-electron chi connectivity index (χ3n) is 6.52. The standard InChI is InChI=1S/C29H36N2O6/c1-4-36-23-10-8-22(9-11-23)27(32)25-26(21-6-12-24(13-7-21)37-20(2)3)31(29(34)28(25)33)15-5-14-30-16-18-35-19-17-30/h6-13,20,26,32H,4-5,14-19H2,1-3H3/b27-25+/t26-/m0/s1. The minimum Gasteiger partial charge on any atom is -0.507 e. The maximum Gasteiger partial charge on any atom is 0.295 e. The third kappa shape index (κ3) is 6.32. The number of rotatable bonds is 10. The Morgan fingerprint density at radius 3 is 2.27 bits per heavy atom. The van der Waals surface area contributed by atoms with E-state index in [2.05, 4.69) is 4.90 Å². The molecule has 2 aliphatic rings. The van der Waals surface area contributed by atoms with Gasteiger partial charge in [-0.1, -0.05) is 12.1 Å². The highest BCUT2D eigenvalue weighted by Crippen LogP contribution is 2.40. The van der Waals surface area contributed by atoms with Crippen LogP contribution in [0.25, 0.3) is 5.76 Å². The number of likely N-dealkylation sites (tertiary alicyclic amines) is 1. The lowest BCUT2D eigenvalue weighted by molar-refractivity contribution is -0.140. The van der Waals surface area contributed by atoms with Crippen LogP contribution in [-0.4, -0.2) is 78.7 Å². The minimum atomic E-state index is -0.690. The smallest absolute Gasteiger partial charge is 0.295 e. The monoisotopic (exact) mass is 508 g/mol. The van der Waals surface area contributed by atoms with Crippen LogP contribution >= 0.6 is 0 Å². The van der Waals surface area contributed by atoms with Gasteiger partial charge in [-0.05, 0) is 69.2 Å². The molecule has 0 unspecified atom stereocenters. The van der Waals surface area contributed by atoms with Crippen LogP contribution < -0.4 is 9.47 Å². The van der Waals surface area contributed by atoms with Gasteiger partial charge in [0.2, 0.25) is 0 Å². The van der Waals surface area contributed by atoms with E-state index >= 15 is 0 Å². The van der Waals surface area contributed by atoms with Crippen molar-refractivity contribution in [2.24, 2.45) is 0 Å². The second kappa shape index (κ2) is 12.3. The Labute approximate surface area is 218 Å². The molecule has 1 amide bonds. The van der Waals surface area contributed by atoms with E-state index in [1.54, 1.807) is 29.2 Å². The number of nitrogens with zero attached hydrogens (tertiary/aromatic N) is 2. The molecule has 198 valence electrons. The van der Waals surface area contributed by atoms with Crippen LogP contribution in [0.5, 0.6) is 11.5 Å². The molecular formula is C29H36N2O6. The number of aliphatic hydroxyl groups is 1. The van der Waals surface area contributed by atoms with Gasteiger partial charge in [0.05, 0.1) is 37.5 Å². The van der Waals surface area contributed by atoms with Crippen LogP contribution in [0, 0.1) is 0 Å². The molecule has 8 heteroatoms. The number of ether oxygens (including phenoxy) is 3. The van der Waals surface area contributed by atoms with Crippen molar-refractivity contribution in [3.05, 3.63) is 65.2 Å². The van der Waals surface area contributed by atoms with E-state index in [1.165, 1.54) is 0 Å². The molecule has 37 heavy (non-hydrogen) atoms. The summed E-state index contributed by atoms with van der Waals surface area (Å²) in [5.41, 5.74) is 1.30. The molecule has 2 heterocycles. The first-order valence-corrected chi connectivity index (χ1v) is 13.0. The number of hydrogen-bond donors (Lipinski definition) is 1. The summed E-state index contributed by atoms with van der Waals surface area (Å²) in [4.78, 5) is 30.4. The molecule has 4 rings (SSSR count). The van der Waals surface area contributed by atoms with Gasteiger partial charge in [-0.15, -0.1) is 0 Å². The van der Waals surface area contributed by atoms with Gasteiger partial charge >= 0.3 is 0 Å². The number of morpholine rings is 1. The summed E-state index contributed by atoms with van der Waals surface area (Å²) >= 11 is 0. The minimum absolute atomic E-state index is 0.0244. The summed E-state index contributed by atoms with van der Waals surface area (Å²) < 4.78 is 16.7. The van der Waals surface area contributed by atoms with Gasteiger partial charge in [-0.2, -0.15) is 0 Å². The molecule has 2 fully saturated rings. The topological polar surface area (TPSA) is 88.5 Å². The summed E-state index contributed by atoms with van der Waals surface area (Å²) in [7, 11) is 0. The van der Waals surface area contributed by atoms with E-state index in [4.69, 9.17) is 14.2 Å². The van der Waals surface area contributed by atoms with E-state index in [0.29, 0.717) is 49.8 Å². The SMILES string of the molecule is CCOc1ccc(/C(O)=C2\C(=O)C(=O)N(CCCN3CCOCC3)[C@H]2c2ccc(OC(C)C)cc2)cc1. The van der Waals surface area contributed by atoms with Gasteiger partial charge < -0.3 is 24.2 Å². The molecule has 0 aliphatic carbocycles. The van der Waals surface area contributed by atoms with Gasteiger partial charge in [0, 0.05) is 31.7 Å². The zero-order valence-corrected chi connectivity index (χ0v) is 21.8. The quantitative estimate of drug-likeness (QED) is 0.295. The molecule has 0 saturated carbocycles. The van der Waals surface area contributed by atoms with Crippen LogP contribution in [0.15, 0.2) is 54.1 Å². The average Bonchev–Trinajstić information content (AvgIpc) is 3.15. The van der Waals surface area contributed by atoms with Crippen molar-refractivity contribution in [3.63, 3.8) is 0 Å². The molecule has 0 radical (unpaired) electrons. The highest BCUT2D eigenvalue weighted by atomic mass is 16.5. The molecule has 1 atom stereocenters. The molecule has 2 aromatic rings. The Balaban J connectivity index is 1.65. The Morgan fingerprint density at radius 1 is 1.00 bits per heavy atom. The third-order valence-corrected chi connectivity index (χ3v) is 6.52. The number of benzene rings is 2. The van der Waals surface area contributed by atoms with Crippen molar-refractivity contribution >= 4 is 17.4 Å². The van der Waals surface area contributed by atoms with Crippen LogP contribution in [0.4, 0.5) is 0 Å². The first-order chi connectivity index (χ1) is 17.9. The summed E-state index contributed by atoms with van der Waals surface area (Å²) in [5.74, 6) is -0.0914. The Bertz CT molecular complexity index is 1100. The van der Waals surface area contributed by atoms with Crippen LogP contribution in [0.3, 0.4) is 0 Å². The lowest BCUT2D eigenvalue weighted by Crippen LogP contribution is -2.38. The molecule has 1 N–H and O–H groups in total. The van der Waals surface area contributed by atoms with E-state index < -0.39 is 17.7 Å². The Hall–Kier alpha value is -3.36. The number of amides is 1. The van der Waals surface area contributed by atoms with Crippen molar-refractivity contribution in [2.75, 3.05) is 46.0 Å². The van der Waals surface area contributed by atoms with Gasteiger partial charge in [-0.3, -0.25) is 14.5 Å². The van der Waals surface area contributed by atoms with Crippen molar-refractivity contribution in [3.8, 4) is 11.5 Å². The van der Waals surface area contributed by atoms with Gasteiger partial charge in [0.15, 0.2) is 0 Å². The van der Waals surface area contributed by atoms with E-state index in [0.717, 1.165) is 25.2 Å². The van der Waals surface area contributed by atoms with E-state index in [9.17, 15) is 14.7 Å². The Morgan fingerprint density at radius 2 is 1.65 bits per heavy atom. The summed E-state index contributed by atoms with van der Waals surface area (Å²) in [6.07, 6.45) is 0.734. The maximum atomic E-state index is 13.3. The first-order valence-electron chi connectivity index (χ1n) is 13.0. The fourth-order valence-electron chi connectivity index (χ4n) is 4.78. The van der Waals surface area contributed by atoms with E-state index in [1.807, 2.05) is 45.0 Å². The van der Waals surface area contributed by atoms with Gasteiger partial charge in [-0.25, -0.2) is 0 Å². The van der Waals surface area contributed by atoms with Gasteiger partial charge in [0.25, 0.3) is 11.7 Å². The van der Waals surface area contributed by atoms with Gasteiger partial charge in [0.1, 0.15) is 17.3 Å². The summed E-state index contributed by atoms with van der Waals surface area (Å²) in [6, 6.07) is 13.6. The fraction of sp³-hybridized carbons (Fsp3) is 0.448. The average molecular weight is 509 g/mol. The molecule has 0 aromatic heterocycles. The van der Waals surface area contributed by atoms with Crippen LogP contribution in [0.2, 0.25) is 0 Å². The lowest BCUT2D eigenvalue weighted by atomic mass is 9.95. The highest BCUT2D eigenvalue weighted by Gasteiger charge is 2.45. The predicted molar refractivity (Wildman–Crippen MR) is 141 cm³/mol. The second-order valence-corrected chi connectivity index (χ2v) is 9.49. The zero-order valence-electron chi connectivity index (χ0n) is 21.8. The number of aliphatic hydroxyl groups excluding tert-OH is 1. The number of carbonyl (C=O) groups excluding carboxylic acids is 2. The molecule has 0 bridgehead atoms. The normalized spacial score (nSPS) is 20.0. The molecule has 2 aromatic carbocycles. The second-order valence-electron chi connectivity index (χ2n) is 9.49. The number of ketones is 1. The fourth-order valence-corrected chi connectivity index (χ4v) is 4.78. The molecule has 2 saturated heterocycles. The highest BCUT2D eigenvalue weighted by molar-refractivity contribution is 6.46. The molecular weight excluding hydrogens is 472 g/mol. The molecule has 0 spiro atoms. The Kier molecular flexibility index (Phi) is 8.84. The summed E-state index contributed by atoms with van der Waals surface area (Å²) in [5, 5.41) is 11.3. The summed E-state index contributed by atoms with van der Waals surface area (Å²) in [6.45, 7) is 10.7. The van der Waals surface area contributed by atoms with Crippen molar-refractivity contribution in [1.82, 2.24) is 9.80 Å². The van der Waals surface area contributed by atoms with E-state index in [-0.39, 0.29) is 17.4 Å². The number of hydrogen-bond acceptors (Lipinski definition) is 7. The number of carbonyl (C=O) groups is 2. The largest absolute Gasteiger partial charge is 0.507 e. The van der Waals surface area contributed by atoms with Crippen LogP contribution in [0.1, 0.15) is 44.4 Å².